The van der Waals surface area contributed by atoms with Gasteiger partial charge in [-0.15, -0.1) is 0 Å². The molecular weight excluding hydrogens is 417 g/mol. The molecule has 3 aromatic rings. The third kappa shape index (κ3) is 5.12. The van der Waals surface area contributed by atoms with E-state index in [9.17, 15) is 0 Å². The maximum atomic E-state index is 6.23. The van der Waals surface area contributed by atoms with Gasteiger partial charge in [0.15, 0.2) is 0 Å². The molecule has 0 saturated carbocycles. The van der Waals surface area contributed by atoms with Crippen molar-refractivity contribution in [3.05, 3.63) is 57.3 Å². The van der Waals surface area contributed by atoms with Crippen LogP contribution < -0.4 is 4.74 Å². The number of hydrogen-bond donors (Lipinski definition) is 0. The predicted octanol–water partition coefficient (Wildman–Crippen LogP) is 6.31. The van der Waals surface area contributed by atoms with Crippen LogP contribution in [0.1, 0.15) is 26.1 Å². The fraction of sp³-hybridized carbons (Fsp3) is 0.381. The molecule has 0 aliphatic carbocycles. The number of halogens is 3. The third-order valence-corrected chi connectivity index (χ3v) is 5.56. The van der Waals surface area contributed by atoms with Gasteiger partial charge in [0, 0.05) is 16.6 Å². The average Bonchev–Trinajstić information content (AvgIpc) is 3.01. The largest absolute Gasteiger partial charge is 0.484 e. The Morgan fingerprint density at radius 1 is 1.00 bits per heavy atom. The molecule has 0 amide bonds. The van der Waals surface area contributed by atoms with Gasteiger partial charge >= 0.3 is 0 Å². The van der Waals surface area contributed by atoms with E-state index in [0.29, 0.717) is 27.4 Å². The Morgan fingerprint density at radius 3 is 2.43 bits per heavy atom. The number of imidazole rings is 1. The molecule has 0 saturated heterocycles. The van der Waals surface area contributed by atoms with Crippen molar-refractivity contribution >= 4 is 45.8 Å². The van der Waals surface area contributed by atoms with Gasteiger partial charge in [0.25, 0.3) is 0 Å². The van der Waals surface area contributed by atoms with Crippen molar-refractivity contribution in [1.29, 1.82) is 0 Å². The smallest absolute Gasteiger partial charge is 0.148 e. The zero-order valence-electron chi connectivity index (χ0n) is 16.1. The number of ether oxygens (including phenoxy) is 1. The summed E-state index contributed by atoms with van der Waals surface area (Å²) in [5.74, 6) is 1.44. The summed E-state index contributed by atoms with van der Waals surface area (Å²) >= 11 is 18.3. The van der Waals surface area contributed by atoms with Crippen molar-refractivity contribution in [3.8, 4) is 5.75 Å². The first kappa shape index (κ1) is 21.3. The van der Waals surface area contributed by atoms with Gasteiger partial charge in [0.05, 0.1) is 16.1 Å². The Morgan fingerprint density at radius 2 is 1.71 bits per heavy atom. The highest BCUT2D eigenvalue weighted by Crippen LogP contribution is 2.29. The number of aryl methyl sites for hydroxylation is 1. The van der Waals surface area contributed by atoms with Crippen molar-refractivity contribution in [1.82, 2.24) is 14.5 Å². The summed E-state index contributed by atoms with van der Waals surface area (Å²) < 4.78 is 8.14. The Bertz CT molecular complexity index is 938. The number of aromatic nitrogens is 2. The van der Waals surface area contributed by atoms with Crippen molar-refractivity contribution in [2.45, 2.75) is 33.4 Å². The molecule has 0 bridgehead atoms. The second-order valence-electron chi connectivity index (χ2n) is 6.56. The SMILES string of the molecule is CCN(CC)CCCn1c(COc2ccc(Cl)cc2Cl)nc2cc(Cl)ccc21. The highest BCUT2D eigenvalue weighted by atomic mass is 35.5. The molecule has 4 nitrogen and oxygen atoms in total. The number of hydrogen-bond acceptors (Lipinski definition) is 3. The molecule has 0 aliphatic rings. The lowest BCUT2D eigenvalue weighted by Crippen LogP contribution is -2.25. The van der Waals surface area contributed by atoms with Crippen LogP contribution in [0, 0.1) is 0 Å². The summed E-state index contributed by atoms with van der Waals surface area (Å²) in [6, 6.07) is 11.0. The molecule has 0 N–H and O–H groups in total. The molecule has 0 unspecified atom stereocenters. The monoisotopic (exact) mass is 439 g/mol. The first-order valence-corrected chi connectivity index (χ1v) is 10.6. The van der Waals surface area contributed by atoms with Gasteiger partial charge in [-0.2, -0.15) is 0 Å². The van der Waals surface area contributed by atoms with Crippen LogP contribution in [0.3, 0.4) is 0 Å². The highest BCUT2D eigenvalue weighted by molar-refractivity contribution is 6.35. The van der Waals surface area contributed by atoms with Gasteiger partial charge in [-0.05, 0) is 62.5 Å². The second kappa shape index (κ2) is 9.84. The minimum absolute atomic E-state index is 0.318. The molecule has 2 aromatic carbocycles. The molecule has 28 heavy (non-hydrogen) atoms. The molecule has 1 aromatic heterocycles. The van der Waals surface area contributed by atoms with Crippen LogP contribution >= 0.6 is 34.8 Å². The van der Waals surface area contributed by atoms with Gasteiger partial charge in [-0.25, -0.2) is 4.98 Å². The molecule has 150 valence electrons. The molecule has 0 radical (unpaired) electrons. The zero-order chi connectivity index (χ0) is 20.1. The van der Waals surface area contributed by atoms with Crippen molar-refractivity contribution in [3.63, 3.8) is 0 Å². The van der Waals surface area contributed by atoms with Crippen LogP contribution in [-0.2, 0) is 13.2 Å². The molecule has 0 spiro atoms. The summed E-state index contributed by atoms with van der Waals surface area (Å²) in [6.07, 6.45) is 1.03. The molecule has 0 aliphatic heterocycles. The minimum atomic E-state index is 0.318. The molecule has 1 heterocycles. The molecule has 7 heteroatoms. The topological polar surface area (TPSA) is 30.3 Å². The van der Waals surface area contributed by atoms with Crippen LogP contribution in [0.15, 0.2) is 36.4 Å². The Kier molecular flexibility index (Phi) is 7.47. The van der Waals surface area contributed by atoms with Crippen LogP contribution in [0.5, 0.6) is 5.75 Å². The lowest BCUT2D eigenvalue weighted by molar-refractivity contribution is 0.279. The fourth-order valence-corrected chi connectivity index (χ4v) is 3.87. The maximum absolute atomic E-state index is 6.23. The van der Waals surface area contributed by atoms with Crippen molar-refractivity contribution in [2.24, 2.45) is 0 Å². The zero-order valence-corrected chi connectivity index (χ0v) is 18.4. The van der Waals surface area contributed by atoms with E-state index >= 15 is 0 Å². The maximum Gasteiger partial charge on any atom is 0.148 e. The van der Waals surface area contributed by atoms with E-state index in [-0.39, 0.29) is 0 Å². The van der Waals surface area contributed by atoms with E-state index in [0.717, 1.165) is 49.5 Å². The van der Waals surface area contributed by atoms with E-state index in [4.69, 9.17) is 44.5 Å². The Hall–Kier alpha value is -1.46. The lowest BCUT2D eigenvalue weighted by Gasteiger charge is -2.18. The van der Waals surface area contributed by atoms with Crippen LogP contribution in [0.25, 0.3) is 11.0 Å². The Balaban J connectivity index is 1.81. The fourth-order valence-electron chi connectivity index (χ4n) is 3.24. The normalized spacial score (nSPS) is 11.5. The van der Waals surface area contributed by atoms with Crippen LogP contribution in [-0.4, -0.2) is 34.1 Å². The van der Waals surface area contributed by atoms with Gasteiger partial charge in [0.2, 0.25) is 0 Å². The Labute approximate surface area is 181 Å². The van der Waals surface area contributed by atoms with Crippen molar-refractivity contribution < 1.29 is 4.74 Å². The summed E-state index contributed by atoms with van der Waals surface area (Å²) in [7, 11) is 0. The predicted molar refractivity (Wildman–Crippen MR) is 118 cm³/mol. The molecule has 0 fully saturated rings. The summed E-state index contributed by atoms with van der Waals surface area (Å²) in [4.78, 5) is 7.16. The third-order valence-electron chi connectivity index (χ3n) is 4.79. The number of benzene rings is 2. The van der Waals surface area contributed by atoms with Crippen LogP contribution in [0.4, 0.5) is 0 Å². The number of nitrogens with zero attached hydrogens (tertiary/aromatic N) is 3. The summed E-state index contributed by atoms with van der Waals surface area (Å²) in [6.45, 7) is 8.72. The number of fused-ring (bicyclic) bond motifs is 1. The quantitative estimate of drug-likeness (QED) is 0.391. The number of rotatable bonds is 9. The summed E-state index contributed by atoms with van der Waals surface area (Å²) in [5, 5.41) is 1.74. The molecule has 0 atom stereocenters. The van der Waals surface area contributed by atoms with E-state index in [1.165, 1.54) is 0 Å². The standard InChI is InChI=1S/C21H24Cl3N3O/c1-3-26(4-2)10-5-11-27-19-8-6-16(23)13-18(19)25-21(27)14-28-20-9-7-15(22)12-17(20)24/h6-9,12-13H,3-5,10-11,14H2,1-2H3. The first-order chi connectivity index (χ1) is 13.5. The van der Waals surface area contributed by atoms with Crippen LogP contribution in [0.2, 0.25) is 15.1 Å². The van der Waals surface area contributed by atoms with Gasteiger partial charge in [-0.1, -0.05) is 48.7 Å². The van der Waals surface area contributed by atoms with Gasteiger partial charge < -0.3 is 14.2 Å². The lowest BCUT2D eigenvalue weighted by atomic mass is 10.3. The van der Waals surface area contributed by atoms with Gasteiger partial charge in [0.1, 0.15) is 18.2 Å². The first-order valence-electron chi connectivity index (χ1n) is 9.46. The molecular formula is C21H24Cl3N3O. The van der Waals surface area contributed by atoms with E-state index in [1.54, 1.807) is 18.2 Å². The van der Waals surface area contributed by atoms with E-state index < -0.39 is 0 Å². The average molecular weight is 441 g/mol. The molecule has 3 rings (SSSR count). The highest BCUT2D eigenvalue weighted by Gasteiger charge is 2.13. The minimum Gasteiger partial charge on any atom is -0.484 e. The van der Waals surface area contributed by atoms with E-state index in [1.807, 2.05) is 18.2 Å². The van der Waals surface area contributed by atoms with Gasteiger partial charge in [-0.3, -0.25) is 0 Å². The van der Waals surface area contributed by atoms with E-state index in [2.05, 4.69) is 23.3 Å². The summed E-state index contributed by atoms with van der Waals surface area (Å²) in [5.41, 5.74) is 1.93. The second-order valence-corrected chi connectivity index (χ2v) is 7.84. The van der Waals surface area contributed by atoms with Crippen molar-refractivity contribution in [2.75, 3.05) is 19.6 Å².